The van der Waals surface area contributed by atoms with Crippen molar-refractivity contribution in [3.63, 3.8) is 0 Å². The second-order valence-electron chi connectivity index (χ2n) is 6.41. The topological polar surface area (TPSA) is 0 Å². The van der Waals surface area contributed by atoms with Gasteiger partial charge in [-0.15, -0.1) is 0 Å². The number of benzene rings is 3. The lowest BCUT2D eigenvalue weighted by Crippen LogP contribution is -2.29. The van der Waals surface area contributed by atoms with Crippen molar-refractivity contribution in [1.29, 1.82) is 0 Å². The molecule has 0 aliphatic rings. The van der Waals surface area contributed by atoms with Crippen LogP contribution in [0.4, 0.5) is 0 Å². The number of hydrogen-bond acceptors (Lipinski definition) is 0. The molecular weight excluding hydrogens is 344 g/mol. The molecular formula is C21H23ClSi2. The standard InChI is InChI=1S/C21H23ClSi2/c22-18-14-11-17(12-15-18)13-16-21(23-19-7-3-1-4-8-19)24-20-9-5-2-6-10-20/h1-12,14-15,21H,13,16,23-24H2. The van der Waals surface area contributed by atoms with E-state index >= 15 is 0 Å². The van der Waals surface area contributed by atoms with Crippen molar-refractivity contribution >= 4 is 41.0 Å². The molecule has 0 atom stereocenters. The number of hydrogen-bond donors (Lipinski definition) is 0. The summed E-state index contributed by atoms with van der Waals surface area (Å²) in [4.78, 5) is 0. The third-order valence-corrected chi connectivity index (χ3v) is 10.3. The summed E-state index contributed by atoms with van der Waals surface area (Å²) >= 11 is 6.00. The molecule has 0 aliphatic heterocycles. The summed E-state index contributed by atoms with van der Waals surface area (Å²) in [5.74, 6) is 0. The summed E-state index contributed by atoms with van der Waals surface area (Å²) in [6.45, 7) is 0. The van der Waals surface area contributed by atoms with Crippen LogP contribution in [-0.2, 0) is 6.42 Å². The van der Waals surface area contributed by atoms with Gasteiger partial charge in [0.05, 0.1) is 19.0 Å². The highest BCUT2D eigenvalue weighted by atomic mass is 35.5. The average Bonchev–Trinajstić information content (AvgIpc) is 2.63. The van der Waals surface area contributed by atoms with Crippen LogP contribution in [0.25, 0.3) is 0 Å². The molecule has 0 aromatic heterocycles. The lowest BCUT2D eigenvalue weighted by molar-refractivity contribution is 0.877. The van der Waals surface area contributed by atoms with Crippen LogP contribution >= 0.6 is 11.6 Å². The zero-order valence-electron chi connectivity index (χ0n) is 13.9. The Labute approximate surface area is 154 Å². The first-order chi connectivity index (χ1) is 11.8. The molecule has 3 aromatic rings. The van der Waals surface area contributed by atoms with E-state index in [4.69, 9.17) is 11.6 Å². The molecule has 3 heteroatoms. The first kappa shape index (κ1) is 17.2. The third kappa shape index (κ3) is 5.48. The smallest absolute Gasteiger partial charge is 0.0550 e. The summed E-state index contributed by atoms with van der Waals surface area (Å²) in [7, 11) is -0.459. The summed E-state index contributed by atoms with van der Waals surface area (Å²) in [6, 6.07) is 30.6. The van der Waals surface area contributed by atoms with E-state index in [1.54, 1.807) is 10.4 Å². The largest absolute Gasteiger partial charge is 0.0843 e. The van der Waals surface area contributed by atoms with E-state index in [-0.39, 0.29) is 19.0 Å². The molecule has 0 aliphatic carbocycles. The van der Waals surface area contributed by atoms with Gasteiger partial charge in [-0.1, -0.05) is 106 Å². The summed E-state index contributed by atoms with van der Waals surface area (Å²) in [5.41, 5.74) is 1.41. The van der Waals surface area contributed by atoms with E-state index in [0.29, 0.717) is 0 Å². The Bertz CT molecular complexity index is 685. The summed E-state index contributed by atoms with van der Waals surface area (Å²) < 4.78 is 0. The average molecular weight is 367 g/mol. The maximum absolute atomic E-state index is 6.00. The van der Waals surface area contributed by atoms with Gasteiger partial charge in [-0.3, -0.25) is 0 Å². The van der Waals surface area contributed by atoms with E-state index in [9.17, 15) is 0 Å². The number of aryl methyl sites for hydroxylation is 1. The zero-order chi connectivity index (χ0) is 16.6. The predicted octanol–water partition coefficient (Wildman–Crippen LogP) is 3.01. The van der Waals surface area contributed by atoms with Gasteiger partial charge >= 0.3 is 0 Å². The van der Waals surface area contributed by atoms with Gasteiger partial charge in [0.15, 0.2) is 0 Å². The minimum absolute atomic E-state index is 0.229. The molecule has 0 amide bonds. The quantitative estimate of drug-likeness (QED) is 0.564. The second-order valence-corrected chi connectivity index (χ2v) is 12.8. The Kier molecular flexibility index (Phi) is 6.47. The maximum atomic E-state index is 6.00. The first-order valence-electron chi connectivity index (χ1n) is 8.62. The molecule has 0 fully saturated rings. The van der Waals surface area contributed by atoms with Gasteiger partial charge in [-0.05, 0) is 24.1 Å². The maximum Gasteiger partial charge on any atom is 0.0550 e. The van der Waals surface area contributed by atoms with Gasteiger partial charge in [0.1, 0.15) is 0 Å². The van der Waals surface area contributed by atoms with Crippen LogP contribution in [0.15, 0.2) is 84.9 Å². The van der Waals surface area contributed by atoms with Crippen molar-refractivity contribution in [3.05, 3.63) is 95.5 Å². The first-order valence-corrected chi connectivity index (χ1v) is 12.0. The van der Waals surface area contributed by atoms with E-state index in [2.05, 4.69) is 72.8 Å². The molecule has 122 valence electrons. The lowest BCUT2D eigenvalue weighted by atomic mass is 10.1. The normalized spacial score (nSPS) is 13.0. The molecule has 0 unspecified atom stereocenters. The molecule has 3 aromatic carbocycles. The summed E-state index contributed by atoms with van der Waals surface area (Å²) in [5, 5.41) is 4.95. The third-order valence-electron chi connectivity index (χ3n) is 4.49. The molecule has 0 saturated heterocycles. The number of rotatable bonds is 7. The van der Waals surface area contributed by atoms with Crippen molar-refractivity contribution in [1.82, 2.24) is 0 Å². The fourth-order valence-corrected chi connectivity index (χ4v) is 9.13. The molecule has 0 bridgehead atoms. The monoisotopic (exact) mass is 366 g/mol. The van der Waals surface area contributed by atoms with Crippen LogP contribution in [0, 0.1) is 0 Å². The van der Waals surface area contributed by atoms with Crippen molar-refractivity contribution in [2.24, 2.45) is 0 Å². The Morgan fingerprint density at radius 3 is 1.67 bits per heavy atom. The van der Waals surface area contributed by atoms with Crippen LogP contribution in [-0.4, -0.2) is 19.0 Å². The van der Waals surface area contributed by atoms with Crippen molar-refractivity contribution in [2.45, 2.75) is 18.0 Å². The van der Waals surface area contributed by atoms with E-state index in [1.807, 2.05) is 12.1 Å². The fraction of sp³-hybridized carbons (Fsp3) is 0.143. The molecule has 0 heterocycles. The number of halogens is 1. The van der Waals surface area contributed by atoms with Crippen molar-refractivity contribution in [3.8, 4) is 0 Å². The van der Waals surface area contributed by atoms with Gasteiger partial charge in [0, 0.05) is 5.02 Å². The fourth-order valence-electron chi connectivity index (χ4n) is 3.19. The van der Waals surface area contributed by atoms with Gasteiger partial charge < -0.3 is 0 Å². The zero-order valence-corrected chi connectivity index (χ0v) is 17.5. The van der Waals surface area contributed by atoms with Crippen LogP contribution < -0.4 is 10.4 Å². The van der Waals surface area contributed by atoms with Gasteiger partial charge in [-0.2, -0.15) is 0 Å². The van der Waals surface area contributed by atoms with Gasteiger partial charge in [0.2, 0.25) is 0 Å². The van der Waals surface area contributed by atoms with Crippen molar-refractivity contribution < 1.29 is 0 Å². The SMILES string of the molecule is Clc1ccc(CCC([SiH2]c2ccccc2)[SiH2]c2ccccc2)cc1. The second kappa shape index (κ2) is 9.02. The summed E-state index contributed by atoms with van der Waals surface area (Å²) in [6.07, 6.45) is 2.48. The van der Waals surface area contributed by atoms with E-state index < -0.39 is 0 Å². The molecule has 3 rings (SSSR count). The molecule has 24 heavy (non-hydrogen) atoms. The highest BCUT2D eigenvalue weighted by Gasteiger charge is 2.12. The molecule has 0 spiro atoms. The van der Waals surface area contributed by atoms with E-state index in [1.165, 1.54) is 18.4 Å². The molecule has 0 nitrogen and oxygen atoms in total. The Balaban J connectivity index is 1.67. The Morgan fingerprint density at radius 1 is 0.667 bits per heavy atom. The lowest BCUT2D eigenvalue weighted by Gasteiger charge is -2.16. The van der Waals surface area contributed by atoms with Crippen LogP contribution in [0.5, 0.6) is 0 Å². The molecule has 0 N–H and O–H groups in total. The van der Waals surface area contributed by atoms with E-state index in [0.717, 1.165) is 10.2 Å². The molecule has 0 radical (unpaired) electrons. The highest BCUT2D eigenvalue weighted by molar-refractivity contribution is 6.73. The van der Waals surface area contributed by atoms with Crippen LogP contribution in [0.3, 0.4) is 0 Å². The van der Waals surface area contributed by atoms with Gasteiger partial charge in [0.25, 0.3) is 0 Å². The Morgan fingerprint density at radius 2 is 1.17 bits per heavy atom. The highest BCUT2D eigenvalue weighted by Crippen LogP contribution is 2.16. The Hall–Kier alpha value is -1.62. The minimum atomic E-state index is -0.229. The van der Waals surface area contributed by atoms with Crippen molar-refractivity contribution in [2.75, 3.05) is 0 Å². The van der Waals surface area contributed by atoms with Crippen LogP contribution in [0.1, 0.15) is 12.0 Å². The minimum Gasteiger partial charge on any atom is -0.0843 e. The van der Waals surface area contributed by atoms with Crippen LogP contribution in [0.2, 0.25) is 10.2 Å². The van der Waals surface area contributed by atoms with Gasteiger partial charge in [-0.25, -0.2) is 0 Å². The predicted molar refractivity (Wildman–Crippen MR) is 113 cm³/mol. The molecule has 0 saturated carbocycles.